The summed E-state index contributed by atoms with van der Waals surface area (Å²) < 4.78 is 36.5. The lowest BCUT2D eigenvalue weighted by Crippen LogP contribution is -2.47. The number of hydrogen-bond acceptors (Lipinski definition) is 11. The molecule has 2 aliphatic heterocycles. The Bertz CT molecular complexity index is 1130. The molecule has 0 spiro atoms. The molecule has 0 unspecified atom stereocenters. The van der Waals surface area contributed by atoms with Crippen molar-refractivity contribution >= 4 is 31.3 Å². The molecule has 0 aromatic heterocycles. The minimum absolute atomic E-state index is 0.0899. The van der Waals surface area contributed by atoms with Crippen LogP contribution in [-0.2, 0) is 42.5 Å². The lowest BCUT2D eigenvalue weighted by molar-refractivity contribution is -0.153. The molecule has 256 valence electrons. The van der Waals surface area contributed by atoms with Gasteiger partial charge in [-0.05, 0) is 43.6 Å². The third kappa shape index (κ3) is 11.4. The monoisotopic (exact) mass is 659 g/mol. The molecule has 0 aliphatic carbocycles. The third-order valence-electron chi connectivity index (χ3n) is 7.21. The van der Waals surface area contributed by atoms with Gasteiger partial charge in [0, 0.05) is 6.20 Å². The summed E-state index contributed by atoms with van der Waals surface area (Å²) in [5.74, 6) is -2.54. The summed E-state index contributed by atoms with van der Waals surface area (Å²) in [6.45, 7) is 18.0. The van der Waals surface area contributed by atoms with Crippen LogP contribution in [0.4, 0.5) is 0 Å². The van der Waals surface area contributed by atoms with Crippen molar-refractivity contribution < 1.29 is 52.7 Å². The standard InChI is InChI=1S/C30H50N3O11P/c1-10-30(24(37)23(36)25(44-30)33-14-11-21(34)17-22(33)35)18-43-45(40,31-19(2)26(38)41-15-12-28(4,5)6)32-20(3)27(39)42-16-13-29(7,8)9/h10-11,14,19-20,23-25,36-37H,1,12-13,15-18H2,2-9H3,(H2,31,32,40)/t19-,20-,23+,24-,25+,30+/m0/s1. The highest BCUT2D eigenvalue weighted by molar-refractivity contribution is 7.54. The molecule has 2 rings (SSSR count). The van der Waals surface area contributed by atoms with E-state index in [0.717, 1.165) is 23.3 Å². The molecular formula is C30H50N3O11P. The lowest BCUT2D eigenvalue weighted by atomic mass is 9.93. The van der Waals surface area contributed by atoms with E-state index in [-0.39, 0.29) is 24.0 Å². The number of ketones is 1. The number of carbonyl (C=O) groups is 4. The van der Waals surface area contributed by atoms with E-state index >= 15 is 0 Å². The van der Waals surface area contributed by atoms with Gasteiger partial charge in [0.25, 0.3) is 0 Å². The largest absolute Gasteiger partial charge is 0.465 e. The van der Waals surface area contributed by atoms with Crippen LogP contribution in [0.5, 0.6) is 0 Å². The highest BCUT2D eigenvalue weighted by Gasteiger charge is 2.56. The number of allylic oxidation sites excluding steroid dienone is 1. The van der Waals surface area contributed by atoms with Crippen molar-refractivity contribution in [2.24, 2.45) is 10.8 Å². The summed E-state index contributed by atoms with van der Waals surface area (Å²) in [4.78, 5) is 50.5. The van der Waals surface area contributed by atoms with Crippen molar-refractivity contribution in [2.45, 2.75) is 111 Å². The quantitative estimate of drug-likeness (QED) is 0.0868. The first-order chi connectivity index (χ1) is 20.6. The maximum absolute atomic E-state index is 14.2. The summed E-state index contributed by atoms with van der Waals surface area (Å²) in [5.41, 5.74) is -2.08. The van der Waals surface area contributed by atoms with Crippen LogP contribution in [0.15, 0.2) is 24.9 Å². The van der Waals surface area contributed by atoms with Gasteiger partial charge in [-0.1, -0.05) is 47.6 Å². The summed E-state index contributed by atoms with van der Waals surface area (Å²) in [7, 11) is -4.36. The van der Waals surface area contributed by atoms with E-state index < -0.39 is 80.4 Å². The highest BCUT2D eigenvalue weighted by atomic mass is 31.2. The molecule has 2 aliphatic rings. The molecule has 45 heavy (non-hydrogen) atoms. The van der Waals surface area contributed by atoms with Gasteiger partial charge >= 0.3 is 19.6 Å². The molecule has 0 radical (unpaired) electrons. The molecule has 0 saturated carbocycles. The number of carbonyl (C=O) groups excluding carboxylic acids is 4. The minimum Gasteiger partial charge on any atom is -0.465 e. The van der Waals surface area contributed by atoms with Crippen molar-refractivity contribution in [3.8, 4) is 0 Å². The van der Waals surface area contributed by atoms with Gasteiger partial charge in [-0.2, -0.15) is 0 Å². The predicted octanol–water partition coefficient (Wildman–Crippen LogP) is 2.34. The zero-order valence-electron chi connectivity index (χ0n) is 27.5. The molecule has 0 aromatic carbocycles. The van der Waals surface area contributed by atoms with E-state index in [2.05, 4.69) is 16.8 Å². The summed E-state index contributed by atoms with van der Waals surface area (Å²) in [5, 5.41) is 26.9. The smallest absolute Gasteiger partial charge is 0.342 e. The van der Waals surface area contributed by atoms with Gasteiger partial charge in [0.2, 0.25) is 5.91 Å². The van der Waals surface area contributed by atoms with Crippen LogP contribution in [0.1, 0.15) is 74.7 Å². The highest BCUT2D eigenvalue weighted by Crippen LogP contribution is 2.44. The number of hydrogen-bond donors (Lipinski definition) is 4. The molecule has 14 nitrogen and oxygen atoms in total. The molecule has 0 aromatic rings. The molecule has 1 amide bonds. The fraction of sp³-hybridized carbons (Fsp3) is 0.733. The van der Waals surface area contributed by atoms with Crippen molar-refractivity contribution in [3.05, 3.63) is 24.9 Å². The van der Waals surface area contributed by atoms with Gasteiger partial charge in [0.1, 0.15) is 29.9 Å². The lowest BCUT2D eigenvalue weighted by Gasteiger charge is -2.33. The van der Waals surface area contributed by atoms with E-state index in [4.69, 9.17) is 18.7 Å². The zero-order valence-corrected chi connectivity index (χ0v) is 28.4. The Hall–Kier alpha value is -2.45. The molecule has 6 atom stereocenters. The summed E-state index contributed by atoms with van der Waals surface area (Å²) in [6, 6.07) is -2.35. The number of aliphatic hydroxyl groups is 2. The number of rotatable bonds is 15. The second kappa shape index (κ2) is 15.4. The van der Waals surface area contributed by atoms with Gasteiger partial charge < -0.3 is 28.9 Å². The Kier molecular flexibility index (Phi) is 13.3. The summed E-state index contributed by atoms with van der Waals surface area (Å²) in [6.07, 6.45) is -0.683. The minimum atomic E-state index is -4.36. The van der Waals surface area contributed by atoms with Crippen LogP contribution < -0.4 is 10.2 Å². The number of aliphatic hydroxyl groups excluding tert-OH is 2. The van der Waals surface area contributed by atoms with Gasteiger partial charge in [0.05, 0.1) is 26.2 Å². The molecule has 1 saturated heterocycles. The van der Waals surface area contributed by atoms with E-state index in [1.807, 2.05) is 41.5 Å². The van der Waals surface area contributed by atoms with Crippen molar-refractivity contribution in [2.75, 3.05) is 19.8 Å². The Morgan fingerprint density at radius 1 is 1.07 bits per heavy atom. The number of ether oxygens (including phenoxy) is 3. The molecule has 4 N–H and O–H groups in total. The number of esters is 2. The predicted molar refractivity (Wildman–Crippen MR) is 164 cm³/mol. The van der Waals surface area contributed by atoms with Crippen LogP contribution >= 0.6 is 7.67 Å². The van der Waals surface area contributed by atoms with E-state index in [9.17, 15) is 34.0 Å². The average molecular weight is 660 g/mol. The van der Waals surface area contributed by atoms with Crippen molar-refractivity contribution in [1.82, 2.24) is 15.1 Å². The molecule has 0 bridgehead atoms. The van der Waals surface area contributed by atoms with E-state index in [1.54, 1.807) is 0 Å². The summed E-state index contributed by atoms with van der Waals surface area (Å²) >= 11 is 0. The molecular weight excluding hydrogens is 609 g/mol. The fourth-order valence-corrected chi connectivity index (χ4v) is 6.07. The maximum atomic E-state index is 14.2. The first-order valence-corrected chi connectivity index (χ1v) is 16.6. The normalized spacial score (nSPS) is 25.6. The van der Waals surface area contributed by atoms with E-state index in [0.29, 0.717) is 12.8 Å². The topological polar surface area (TPSA) is 190 Å². The fourth-order valence-electron chi connectivity index (χ4n) is 4.23. The van der Waals surface area contributed by atoms with Gasteiger partial charge in [-0.25, -0.2) is 10.2 Å². The van der Waals surface area contributed by atoms with Crippen LogP contribution in [0, 0.1) is 10.8 Å². The van der Waals surface area contributed by atoms with Crippen LogP contribution in [0.3, 0.4) is 0 Å². The van der Waals surface area contributed by atoms with Crippen LogP contribution in [-0.4, -0.2) is 94.7 Å². The average Bonchev–Trinajstić information content (AvgIpc) is 3.16. The van der Waals surface area contributed by atoms with Gasteiger partial charge in [0.15, 0.2) is 12.0 Å². The first-order valence-electron chi connectivity index (χ1n) is 15.0. The first kappa shape index (κ1) is 38.7. The Morgan fingerprint density at radius 2 is 1.56 bits per heavy atom. The van der Waals surface area contributed by atoms with Crippen LogP contribution in [0.25, 0.3) is 0 Å². The molecule has 1 fully saturated rings. The Morgan fingerprint density at radius 3 is 1.98 bits per heavy atom. The molecule has 2 heterocycles. The van der Waals surface area contributed by atoms with Gasteiger partial charge in [-0.15, -0.1) is 6.58 Å². The van der Waals surface area contributed by atoms with E-state index in [1.165, 1.54) is 13.8 Å². The number of nitrogens with one attached hydrogen (secondary N) is 2. The second-order valence-corrected chi connectivity index (χ2v) is 15.7. The second-order valence-electron chi connectivity index (χ2n) is 13.8. The Balaban J connectivity index is 2.25. The van der Waals surface area contributed by atoms with Crippen molar-refractivity contribution in [3.63, 3.8) is 0 Å². The third-order valence-corrected chi connectivity index (χ3v) is 9.16. The SMILES string of the molecule is C=C[C@]1(COP(=O)(N[C@@H](C)C(=O)OCCC(C)(C)C)N[C@@H](C)C(=O)OCCC(C)(C)C)O[C@@H](N2C=CC(=O)CC2=O)[C@H](O)[C@@H]1O. The zero-order chi connectivity index (χ0) is 34.4. The number of amides is 1. The maximum Gasteiger partial charge on any atom is 0.342 e. The number of nitrogens with zero attached hydrogens (tertiary/aromatic N) is 1. The van der Waals surface area contributed by atoms with Gasteiger partial charge in [-0.3, -0.25) is 28.6 Å². The molecule has 15 heteroatoms. The van der Waals surface area contributed by atoms with Crippen LogP contribution in [0.2, 0.25) is 0 Å². The van der Waals surface area contributed by atoms with Crippen molar-refractivity contribution in [1.29, 1.82) is 0 Å². The Labute approximate surface area is 265 Å².